The van der Waals surface area contributed by atoms with Gasteiger partial charge in [-0.3, -0.25) is 19.3 Å². The van der Waals surface area contributed by atoms with E-state index in [2.05, 4.69) is 10.1 Å². The van der Waals surface area contributed by atoms with Crippen molar-refractivity contribution in [3.8, 4) is 0 Å². The van der Waals surface area contributed by atoms with E-state index in [1.54, 1.807) is 29.3 Å². The van der Waals surface area contributed by atoms with Crippen LogP contribution in [0.25, 0.3) is 0 Å². The summed E-state index contributed by atoms with van der Waals surface area (Å²) in [6.07, 6.45) is 4.88. The van der Waals surface area contributed by atoms with Gasteiger partial charge in [-0.2, -0.15) is 5.10 Å². The highest BCUT2D eigenvalue weighted by atomic mass is 16.1. The molecule has 92 valence electrons. The Morgan fingerprint density at radius 1 is 1.17 bits per heavy atom. The van der Waals surface area contributed by atoms with Crippen molar-refractivity contribution in [2.45, 2.75) is 20.4 Å². The van der Waals surface area contributed by atoms with Gasteiger partial charge in [0.25, 0.3) is 0 Å². The second-order valence-electron chi connectivity index (χ2n) is 4.09. The summed E-state index contributed by atoms with van der Waals surface area (Å²) >= 11 is 0. The van der Waals surface area contributed by atoms with E-state index < -0.39 is 0 Å². The zero-order valence-corrected chi connectivity index (χ0v) is 10.3. The van der Waals surface area contributed by atoms with Crippen LogP contribution in [0.4, 0.5) is 0 Å². The molecule has 5 nitrogen and oxygen atoms in total. The summed E-state index contributed by atoms with van der Waals surface area (Å²) in [5.41, 5.74) is 1.96. The molecular formula is C13H13N3O2. The zero-order chi connectivity index (χ0) is 13.1. The van der Waals surface area contributed by atoms with E-state index in [0.29, 0.717) is 17.8 Å². The van der Waals surface area contributed by atoms with Crippen LogP contribution in [0.1, 0.15) is 40.3 Å². The molecule has 0 radical (unpaired) electrons. The number of carbonyl (C=O) groups is 2. The van der Waals surface area contributed by atoms with Crippen LogP contribution in [-0.4, -0.2) is 26.3 Å². The second kappa shape index (κ2) is 4.91. The summed E-state index contributed by atoms with van der Waals surface area (Å²) in [5, 5.41) is 4.09. The Labute approximate surface area is 104 Å². The van der Waals surface area contributed by atoms with Gasteiger partial charge in [0.05, 0.1) is 18.3 Å². The van der Waals surface area contributed by atoms with E-state index >= 15 is 0 Å². The lowest BCUT2D eigenvalue weighted by Crippen LogP contribution is -2.02. The smallest absolute Gasteiger partial charge is 0.178 e. The molecule has 2 heterocycles. The molecule has 0 aliphatic carbocycles. The Balaban J connectivity index is 2.13. The lowest BCUT2D eigenvalue weighted by Gasteiger charge is -2.02. The van der Waals surface area contributed by atoms with Crippen molar-refractivity contribution >= 4 is 11.6 Å². The van der Waals surface area contributed by atoms with Gasteiger partial charge in [0.2, 0.25) is 0 Å². The highest BCUT2D eigenvalue weighted by molar-refractivity contribution is 5.93. The molecule has 2 rings (SSSR count). The highest BCUT2D eigenvalue weighted by Crippen LogP contribution is 2.05. The molecule has 0 aromatic carbocycles. The Kier molecular flexibility index (Phi) is 3.32. The molecule has 0 aliphatic heterocycles. The summed E-state index contributed by atoms with van der Waals surface area (Å²) in [5.74, 6) is -0.0641. The highest BCUT2D eigenvalue weighted by Gasteiger charge is 2.05. The van der Waals surface area contributed by atoms with E-state index in [9.17, 15) is 9.59 Å². The van der Waals surface area contributed by atoms with Gasteiger partial charge in [-0.15, -0.1) is 0 Å². The Bertz CT molecular complexity index is 585. The SMILES string of the molecule is CC(=O)c1cnn(Cc2ccc(C(C)=O)nc2)c1. The molecule has 0 fully saturated rings. The van der Waals surface area contributed by atoms with Crippen molar-refractivity contribution < 1.29 is 9.59 Å². The first-order valence-corrected chi connectivity index (χ1v) is 5.55. The van der Waals surface area contributed by atoms with E-state index in [4.69, 9.17) is 0 Å². The first-order chi connectivity index (χ1) is 8.56. The van der Waals surface area contributed by atoms with Crippen LogP contribution in [0.5, 0.6) is 0 Å². The number of Topliss-reactive ketones (excluding diaryl/α,β-unsaturated/α-hetero) is 2. The van der Waals surface area contributed by atoms with Gasteiger partial charge in [0.1, 0.15) is 5.69 Å². The second-order valence-corrected chi connectivity index (χ2v) is 4.09. The Morgan fingerprint density at radius 3 is 2.44 bits per heavy atom. The van der Waals surface area contributed by atoms with Gasteiger partial charge in [0, 0.05) is 19.3 Å². The number of hydrogen-bond donors (Lipinski definition) is 0. The average molecular weight is 243 g/mol. The minimum absolute atomic E-state index is 0.00805. The standard InChI is InChI=1S/C13H13N3O2/c1-9(17)12-6-15-16(8-12)7-11-3-4-13(10(2)18)14-5-11/h3-6,8H,7H2,1-2H3. The summed E-state index contributed by atoms with van der Waals surface area (Å²) in [6.45, 7) is 3.51. The summed E-state index contributed by atoms with van der Waals surface area (Å²) < 4.78 is 1.67. The van der Waals surface area contributed by atoms with Crippen LogP contribution < -0.4 is 0 Å². The molecule has 0 amide bonds. The number of nitrogens with zero attached hydrogens (tertiary/aromatic N) is 3. The number of hydrogen-bond acceptors (Lipinski definition) is 4. The number of rotatable bonds is 4. The molecule has 0 saturated carbocycles. The molecule has 0 atom stereocenters. The molecule has 18 heavy (non-hydrogen) atoms. The summed E-state index contributed by atoms with van der Waals surface area (Å²) in [6, 6.07) is 3.52. The molecule has 0 N–H and O–H groups in total. The molecule has 2 aromatic rings. The fourth-order valence-corrected chi connectivity index (χ4v) is 1.55. The zero-order valence-electron chi connectivity index (χ0n) is 10.3. The van der Waals surface area contributed by atoms with Crippen molar-refractivity contribution in [2.75, 3.05) is 0 Å². The fraction of sp³-hybridized carbons (Fsp3) is 0.231. The predicted molar refractivity (Wildman–Crippen MR) is 65.6 cm³/mol. The monoisotopic (exact) mass is 243 g/mol. The van der Waals surface area contributed by atoms with Crippen molar-refractivity contribution in [3.63, 3.8) is 0 Å². The fourth-order valence-electron chi connectivity index (χ4n) is 1.55. The maximum Gasteiger partial charge on any atom is 0.178 e. The first-order valence-electron chi connectivity index (χ1n) is 5.55. The minimum Gasteiger partial charge on any atom is -0.294 e. The molecule has 0 unspecified atom stereocenters. The minimum atomic E-state index is -0.0560. The largest absolute Gasteiger partial charge is 0.294 e. The van der Waals surface area contributed by atoms with Crippen molar-refractivity contribution in [3.05, 3.63) is 47.5 Å². The van der Waals surface area contributed by atoms with Gasteiger partial charge in [-0.1, -0.05) is 6.07 Å². The quantitative estimate of drug-likeness (QED) is 0.767. The van der Waals surface area contributed by atoms with Crippen molar-refractivity contribution in [2.24, 2.45) is 0 Å². The van der Waals surface area contributed by atoms with Crippen LogP contribution in [0, 0.1) is 0 Å². The van der Waals surface area contributed by atoms with Gasteiger partial charge in [0.15, 0.2) is 11.6 Å². The number of pyridine rings is 1. The molecular weight excluding hydrogens is 230 g/mol. The van der Waals surface area contributed by atoms with Gasteiger partial charge in [-0.05, 0) is 18.6 Å². The lowest BCUT2D eigenvalue weighted by molar-refractivity contribution is 0.100. The molecule has 5 heteroatoms. The van der Waals surface area contributed by atoms with E-state index in [1.165, 1.54) is 13.8 Å². The van der Waals surface area contributed by atoms with Crippen molar-refractivity contribution in [1.82, 2.24) is 14.8 Å². The topological polar surface area (TPSA) is 64.8 Å². The predicted octanol–water partition coefficient (Wildman–Crippen LogP) is 1.73. The molecule has 0 saturated heterocycles. The third kappa shape index (κ3) is 2.68. The maximum absolute atomic E-state index is 11.1. The summed E-state index contributed by atoms with van der Waals surface area (Å²) in [7, 11) is 0. The van der Waals surface area contributed by atoms with Gasteiger partial charge < -0.3 is 0 Å². The lowest BCUT2D eigenvalue weighted by atomic mass is 10.2. The maximum atomic E-state index is 11.1. The van der Waals surface area contributed by atoms with Crippen LogP contribution in [0.3, 0.4) is 0 Å². The third-order valence-electron chi connectivity index (χ3n) is 2.57. The molecule has 0 spiro atoms. The number of ketones is 2. The normalized spacial score (nSPS) is 10.3. The summed E-state index contributed by atoms with van der Waals surface area (Å²) in [4.78, 5) is 26.3. The van der Waals surface area contributed by atoms with Gasteiger partial charge in [-0.25, -0.2) is 0 Å². The van der Waals surface area contributed by atoms with Crippen LogP contribution in [-0.2, 0) is 6.54 Å². The third-order valence-corrected chi connectivity index (χ3v) is 2.57. The average Bonchev–Trinajstić information content (AvgIpc) is 2.78. The molecule has 0 bridgehead atoms. The molecule has 2 aromatic heterocycles. The van der Waals surface area contributed by atoms with E-state index in [0.717, 1.165) is 5.56 Å². The number of aromatic nitrogens is 3. The Hall–Kier alpha value is -2.30. The van der Waals surface area contributed by atoms with Crippen LogP contribution >= 0.6 is 0 Å². The van der Waals surface area contributed by atoms with Crippen LogP contribution in [0.15, 0.2) is 30.7 Å². The molecule has 0 aliphatic rings. The van der Waals surface area contributed by atoms with Gasteiger partial charge >= 0.3 is 0 Å². The van der Waals surface area contributed by atoms with Crippen LogP contribution in [0.2, 0.25) is 0 Å². The van der Waals surface area contributed by atoms with E-state index in [1.807, 2.05) is 6.07 Å². The van der Waals surface area contributed by atoms with Crippen molar-refractivity contribution in [1.29, 1.82) is 0 Å². The van der Waals surface area contributed by atoms with E-state index in [-0.39, 0.29) is 11.6 Å². The first kappa shape index (κ1) is 12.2. The Morgan fingerprint density at radius 2 is 1.94 bits per heavy atom. The number of carbonyl (C=O) groups excluding carboxylic acids is 2.